The molecule has 1 aliphatic rings. The number of nitrogens with two attached hydrogens (primary N) is 2. The zero-order valence-electron chi connectivity index (χ0n) is 13.7. The lowest BCUT2D eigenvalue weighted by Gasteiger charge is -2.18. The number of fused-ring (bicyclic) bond motifs is 3. The lowest BCUT2D eigenvalue weighted by atomic mass is 10.0. The number of hydrogen-bond donors (Lipinski definition) is 2. The van der Waals surface area contributed by atoms with Gasteiger partial charge in [0, 0.05) is 11.3 Å². The minimum Gasteiger partial charge on any atom is -0.364 e. The van der Waals surface area contributed by atoms with Crippen molar-refractivity contribution < 1.29 is 17.6 Å². The molecule has 0 saturated carbocycles. The van der Waals surface area contributed by atoms with Gasteiger partial charge in [-0.05, 0) is 48.0 Å². The first-order chi connectivity index (χ1) is 12.8. The fourth-order valence-corrected chi connectivity index (χ4v) is 4.63. The van der Waals surface area contributed by atoms with Gasteiger partial charge in [0.15, 0.2) is 5.69 Å². The molecule has 2 aromatic carbocycles. The molecule has 3 aromatic rings. The van der Waals surface area contributed by atoms with E-state index in [-0.39, 0.29) is 16.4 Å². The van der Waals surface area contributed by atoms with E-state index in [1.165, 1.54) is 52.8 Å². The van der Waals surface area contributed by atoms with Crippen molar-refractivity contribution in [1.29, 1.82) is 0 Å². The molecule has 0 unspecified atom stereocenters. The van der Waals surface area contributed by atoms with Crippen molar-refractivity contribution in [3.05, 3.63) is 59.5 Å². The van der Waals surface area contributed by atoms with Crippen LogP contribution in [0.15, 0.2) is 52.3 Å². The Morgan fingerprint density at radius 3 is 2.52 bits per heavy atom. The first kappa shape index (κ1) is 17.7. The monoisotopic (exact) mass is 404 g/mol. The Bertz CT molecular complexity index is 1190. The Hall–Kier alpha value is -2.69. The Kier molecular flexibility index (Phi) is 4.06. The summed E-state index contributed by atoms with van der Waals surface area (Å²) < 4.78 is 38.0. The highest BCUT2D eigenvalue weighted by Crippen LogP contribution is 2.44. The summed E-state index contributed by atoms with van der Waals surface area (Å²) in [6, 6.07) is 10.2. The number of carbonyl (C=O) groups excluding carboxylic acids is 1. The lowest BCUT2D eigenvalue weighted by Crippen LogP contribution is -2.13. The van der Waals surface area contributed by atoms with Crippen molar-refractivity contribution in [3.8, 4) is 16.9 Å². The molecule has 0 atom stereocenters. The molecule has 10 heteroatoms. The zero-order valence-corrected chi connectivity index (χ0v) is 15.3. The summed E-state index contributed by atoms with van der Waals surface area (Å²) in [5.74, 6) is -0.545. The average Bonchev–Trinajstić information content (AvgIpc) is 3.01. The number of hydrogen-bond acceptors (Lipinski definition) is 5. The number of halogens is 1. The SMILES string of the molecule is NC(=O)c1nn(-c2ccc(S(N)(=O)=O)cc2)c2c1SCc1cc(F)ccc1-2. The van der Waals surface area contributed by atoms with Crippen molar-refractivity contribution in [1.82, 2.24) is 9.78 Å². The summed E-state index contributed by atoms with van der Waals surface area (Å²) in [6.45, 7) is 0. The third-order valence-corrected chi connectivity index (χ3v) is 6.24. The molecule has 27 heavy (non-hydrogen) atoms. The third kappa shape index (κ3) is 3.01. The van der Waals surface area contributed by atoms with Gasteiger partial charge in [0.05, 0.1) is 21.2 Å². The molecule has 4 N–H and O–H groups in total. The second-order valence-corrected chi connectivity index (χ2v) is 8.48. The van der Waals surface area contributed by atoms with E-state index in [2.05, 4.69) is 5.10 Å². The van der Waals surface area contributed by atoms with Crippen LogP contribution in [0.3, 0.4) is 0 Å². The van der Waals surface area contributed by atoms with Crippen molar-refractivity contribution in [3.63, 3.8) is 0 Å². The van der Waals surface area contributed by atoms with E-state index < -0.39 is 15.9 Å². The summed E-state index contributed by atoms with van der Waals surface area (Å²) in [6.07, 6.45) is 0. The lowest BCUT2D eigenvalue weighted by molar-refractivity contribution is 0.0992. The van der Waals surface area contributed by atoms with Gasteiger partial charge in [-0.25, -0.2) is 22.6 Å². The number of primary amides is 1. The minimum absolute atomic E-state index is 0.0424. The van der Waals surface area contributed by atoms with E-state index in [1.807, 2.05) is 0 Å². The molecule has 4 rings (SSSR count). The second kappa shape index (κ2) is 6.19. The molecule has 1 aromatic heterocycles. The van der Waals surface area contributed by atoms with Crippen molar-refractivity contribution in [2.45, 2.75) is 15.5 Å². The van der Waals surface area contributed by atoms with Crippen LogP contribution >= 0.6 is 11.8 Å². The van der Waals surface area contributed by atoms with Crippen LogP contribution < -0.4 is 10.9 Å². The van der Waals surface area contributed by atoms with Crippen molar-refractivity contribution in [2.24, 2.45) is 10.9 Å². The Morgan fingerprint density at radius 1 is 1.19 bits per heavy atom. The van der Waals surface area contributed by atoms with Crippen LogP contribution in [0, 0.1) is 5.82 Å². The van der Waals surface area contributed by atoms with Gasteiger partial charge >= 0.3 is 0 Å². The van der Waals surface area contributed by atoms with Gasteiger partial charge in [-0.1, -0.05) is 0 Å². The van der Waals surface area contributed by atoms with Gasteiger partial charge in [0.1, 0.15) is 5.82 Å². The molecule has 0 saturated heterocycles. The van der Waals surface area contributed by atoms with E-state index in [4.69, 9.17) is 10.9 Å². The summed E-state index contributed by atoms with van der Waals surface area (Å²) >= 11 is 1.35. The number of sulfonamides is 1. The number of primary sulfonamides is 1. The summed E-state index contributed by atoms with van der Waals surface area (Å²) in [5, 5.41) is 9.45. The molecular weight excluding hydrogens is 391 g/mol. The van der Waals surface area contributed by atoms with Gasteiger partial charge in [-0.3, -0.25) is 4.79 Å². The van der Waals surface area contributed by atoms with Crippen LogP contribution in [0.5, 0.6) is 0 Å². The molecule has 0 aliphatic carbocycles. The van der Waals surface area contributed by atoms with Crippen molar-refractivity contribution >= 4 is 27.7 Å². The maximum absolute atomic E-state index is 13.6. The predicted octanol–water partition coefficient (Wildman–Crippen LogP) is 2.03. The van der Waals surface area contributed by atoms with Gasteiger partial charge < -0.3 is 5.73 Å². The Labute approximate surface area is 158 Å². The molecule has 0 fully saturated rings. The fraction of sp³-hybridized carbons (Fsp3) is 0.0588. The van der Waals surface area contributed by atoms with Gasteiger partial charge in [-0.2, -0.15) is 5.10 Å². The minimum atomic E-state index is -3.83. The van der Waals surface area contributed by atoms with E-state index in [0.29, 0.717) is 22.0 Å². The number of thioether (sulfide) groups is 1. The highest BCUT2D eigenvalue weighted by Gasteiger charge is 2.29. The summed E-state index contributed by atoms with van der Waals surface area (Å²) in [4.78, 5) is 12.4. The Morgan fingerprint density at radius 2 is 1.89 bits per heavy atom. The third-order valence-electron chi connectivity index (χ3n) is 4.18. The fourth-order valence-electron chi connectivity index (χ4n) is 2.96. The first-order valence-corrected chi connectivity index (χ1v) is 10.3. The standard InChI is InChI=1S/C17H13FN4O3S2/c18-10-1-6-13-9(7-10)8-26-16-14(17(19)23)21-22(15(13)16)11-2-4-12(5-3-11)27(20,24)25/h1-7H,8H2,(H2,19,23)(H2,20,24,25). The smallest absolute Gasteiger partial charge is 0.270 e. The van der Waals surface area contributed by atoms with E-state index in [9.17, 15) is 17.6 Å². The van der Waals surface area contributed by atoms with Crippen LogP contribution in [0.25, 0.3) is 16.9 Å². The predicted molar refractivity (Wildman–Crippen MR) is 98.4 cm³/mol. The van der Waals surface area contributed by atoms with Crippen LogP contribution in [-0.4, -0.2) is 24.1 Å². The largest absolute Gasteiger partial charge is 0.364 e. The molecule has 0 spiro atoms. The molecule has 138 valence electrons. The summed E-state index contributed by atoms with van der Waals surface area (Å²) in [7, 11) is -3.83. The maximum Gasteiger partial charge on any atom is 0.270 e. The zero-order chi connectivity index (χ0) is 19.3. The molecule has 2 heterocycles. The van der Waals surface area contributed by atoms with Crippen LogP contribution in [-0.2, 0) is 15.8 Å². The molecule has 1 amide bonds. The van der Waals surface area contributed by atoms with E-state index >= 15 is 0 Å². The normalized spacial score (nSPS) is 13.1. The number of nitrogens with zero attached hydrogens (tertiary/aromatic N) is 2. The number of amides is 1. The highest BCUT2D eigenvalue weighted by molar-refractivity contribution is 7.98. The van der Waals surface area contributed by atoms with Crippen LogP contribution in [0.2, 0.25) is 0 Å². The number of rotatable bonds is 3. The molecule has 0 bridgehead atoms. The highest BCUT2D eigenvalue weighted by atomic mass is 32.2. The quantitative estimate of drug-likeness (QED) is 0.692. The molecular formula is C17H13FN4O3S2. The van der Waals surface area contributed by atoms with Gasteiger partial charge in [0.25, 0.3) is 5.91 Å². The van der Waals surface area contributed by atoms with Crippen LogP contribution in [0.4, 0.5) is 4.39 Å². The van der Waals surface area contributed by atoms with E-state index in [1.54, 1.807) is 6.07 Å². The topological polar surface area (TPSA) is 121 Å². The Balaban J connectivity index is 1.95. The van der Waals surface area contributed by atoms with Crippen molar-refractivity contribution in [2.75, 3.05) is 0 Å². The second-order valence-electron chi connectivity index (χ2n) is 5.93. The number of carbonyl (C=O) groups is 1. The maximum atomic E-state index is 13.6. The molecule has 1 aliphatic heterocycles. The summed E-state index contributed by atoms with van der Waals surface area (Å²) in [5.41, 5.74) is 8.22. The van der Waals surface area contributed by atoms with Gasteiger partial charge in [0.2, 0.25) is 10.0 Å². The van der Waals surface area contributed by atoms with E-state index in [0.717, 1.165) is 11.1 Å². The number of benzene rings is 2. The number of aromatic nitrogens is 2. The molecule has 0 radical (unpaired) electrons. The first-order valence-electron chi connectivity index (χ1n) is 7.73. The average molecular weight is 404 g/mol. The molecule has 7 nitrogen and oxygen atoms in total. The van der Waals surface area contributed by atoms with Crippen LogP contribution in [0.1, 0.15) is 16.1 Å². The van der Waals surface area contributed by atoms with Gasteiger partial charge in [-0.15, -0.1) is 11.8 Å².